The number of aryl methyl sites for hydroxylation is 1. The van der Waals surface area contributed by atoms with E-state index in [4.69, 9.17) is 0 Å². The molecule has 4 heteroatoms. The van der Waals surface area contributed by atoms with Crippen molar-refractivity contribution in [2.24, 2.45) is 13.0 Å². The largest absolute Gasteiger partial charge is 0.337 e. The molecule has 1 amide bonds. The minimum absolute atomic E-state index is 0.0714. The molecule has 0 aliphatic carbocycles. The van der Waals surface area contributed by atoms with E-state index in [1.54, 1.807) is 16.9 Å². The number of likely N-dealkylation sites (tertiary alicyclic amines) is 1. The Hall–Kier alpha value is -1.32. The van der Waals surface area contributed by atoms with E-state index in [0.29, 0.717) is 11.6 Å². The number of carbonyl (C=O) groups is 1. The molecular formula is C11H17N3O. The van der Waals surface area contributed by atoms with Gasteiger partial charge in [-0.15, -0.1) is 0 Å². The zero-order valence-electron chi connectivity index (χ0n) is 9.31. The molecule has 2 heterocycles. The van der Waals surface area contributed by atoms with Gasteiger partial charge in [0.2, 0.25) is 0 Å². The van der Waals surface area contributed by atoms with Gasteiger partial charge in [-0.25, -0.2) is 0 Å². The molecule has 1 saturated heterocycles. The van der Waals surface area contributed by atoms with E-state index in [2.05, 4.69) is 12.0 Å². The molecule has 2 rings (SSSR count). The monoisotopic (exact) mass is 207 g/mol. The molecule has 0 spiro atoms. The second kappa shape index (κ2) is 4.04. The smallest absolute Gasteiger partial charge is 0.274 e. The second-order valence-electron chi connectivity index (χ2n) is 4.37. The summed E-state index contributed by atoms with van der Waals surface area (Å²) in [7, 11) is 1.83. The van der Waals surface area contributed by atoms with Crippen LogP contribution in [0.1, 0.15) is 30.3 Å². The van der Waals surface area contributed by atoms with Crippen LogP contribution in [0.2, 0.25) is 0 Å². The lowest BCUT2D eigenvalue weighted by Crippen LogP contribution is -2.39. The average molecular weight is 207 g/mol. The first-order valence-electron chi connectivity index (χ1n) is 5.46. The lowest BCUT2D eigenvalue weighted by Gasteiger charge is -2.30. The van der Waals surface area contributed by atoms with E-state index in [1.165, 1.54) is 6.42 Å². The highest BCUT2D eigenvalue weighted by Crippen LogP contribution is 2.17. The minimum Gasteiger partial charge on any atom is -0.337 e. The number of hydrogen-bond donors (Lipinski definition) is 0. The first-order chi connectivity index (χ1) is 7.16. The van der Waals surface area contributed by atoms with E-state index in [9.17, 15) is 4.79 Å². The molecule has 1 aliphatic rings. The Morgan fingerprint density at radius 3 is 3.00 bits per heavy atom. The fourth-order valence-corrected chi connectivity index (χ4v) is 2.06. The van der Waals surface area contributed by atoms with Gasteiger partial charge in [-0.1, -0.05) is 6.92 Å². The van der Waals surface area contributed by atoms with Crippen LogP contribution in [0.5, 0.6) is 0 Å². The summed E-state index contributed by atoms with van der Waals surface area (Å²) in [5.74, 6) is 0.688. The molecule has 1 atom stereocenters. The number of aromatic nitrogens is 2. The first kappa shape index (κ1) is 10.2. The molecule has 15 heavy (non-hydrogen) atoms. The van der Waals surface area contributed by atoms with Crippen LogP contribution in [-0.2, 0) is 7.05 Å². The van der Waals surface area contributed by atoms with Crippen molar-refractivity contribution >= 4 is 5.91 Å². The number of nitrogens with zero attached hydrogens (tertiary/aromatic N) is 3. The highest BCUT2D eigenvalue weighted by Gasteiger charge is 2.23. The van der Waals surface area contributed by atoms with E-state index < -0.39 is 0 Å². The molecule has 0 saturated carbocycles. The van der Waals surface area contributed by atoms with E-state index in [-0.39, 0.29) is 5.91 Å². The highest BCUT2D eigenvalue weighted by atomic mass is 16.2. The lowest BCUT2D eigenvalue weighted by atomic mass is 10.0. The topological polar surface area (TPSA) is 38.1 Å². The van der Waals surface area contributed by atoms with E-state index >= 15 is 0 Å². The van der Waals surface area contributed by atoms with Gasteiger partial charge >= 0.3 is 0 Å². The van der Waals surface area contributed by atoms with Crippen LogP contribution < -0.4 is 0 Å². The Kier molecular flexibility index (Phi) is 2.75. The number of amides is 1. The Bertz CT molecular complexity index is 358. The van der Waals surface area contributed by atoms with Crippen LogP contribution in [0.15, 0.2) is 12.3 Å². The van der Waals surface area contributed by atoms with Gasteiger partial charge in [-0.3, -0.25) is 9.48 Å². The number of piperidine rings is 1. The summed E-state index contributed by atoms with van der Waals surface area (Å²) >= 11 is 0. The Morgan fingerprint density at radius 1 is 1.60 bits per heavy atom. The molecule has 1 unspecified atom stereocenters. The molecule has 1 fully saturated rings. The van der Waals surface area contributed by atoms with Crippen molar-refractivity contribution in [3.63, 3.8) is 0 Å². The van der Waals surface area contributed by atoms with Crippen molar-refractivity contribution in [1.29, 1.82) is 0 Å². The molecule has 1 aromatic rings. The zero-order valence-corrected chi connectivity index (χ0v) is 9.31. The van der Waals surface area contributed by atoms with Crippen LogP contribution in [0, 0.1) is 5.92 Å². The summed E-state index contributed by atoms with van der Waals surface area (Å²) in [6, 6.07) is 1.78. The van der Waals surface area contributed by atoms with Crippen LogP contribution in [0.3, 0.4) is 0 Å². The van der Waals surface area contributed by atoms with Crippen molar-refractivity contribution in [2.45, 2.75) is 19.8 Å². The fraction of sp³-hybridized carbons (Fsp3) is 0.636. The summed E-state index contributed by atoms with van der Waals surface area (Å²) < 4.78 is 1.67. The molecule has 0 N–H and O–H groups in total. The first-order valence-corrected chi connectivity index (χ1v) is 5.46. The maximum absolute atomic E-state index is 12.0. The van der Waals surface area contributed by atoms with Crippen LogP contribution >= 0.6 is 0 Å². The zero-order chi connectivity index (χ0) is 10.8. The third-order valence-corrected chi connectivity index (χ3v) is 2.88. The van der Waals surface area contributed by atoms with E-state index in [1.807, 2.05) is 11.9 Å². The van der Waals surface area contributed by atoms with Gasteiger partial charge in [0, 0.05) is 26.3 Å². The molecule has 0 bridgehead atoms. The van der Waals surface area contributed by atoms with E-state index in [0.717, 1.165) is 19.5 Å². The highest BCUT2D eigenvalue weighted by molar-refractivity contribution is 5.92. The Labute approximate surface area is 89.9 Å². The molecule has 1 aromatic heterocycles. The standard InChI is InChI=1S/C11H17N3O/c1-9-4-3-6-14(8-9)11(15)10-5-7-13(2)12-10/h5,7,9H,3-4,6,8H2,1-2H3. The normalized spacial score (nSPS) is 21.7. The SMILES string of the molecule is CC1CCCN(C(=O)c2ccn(C)n2)C1. The summed E-state index contributed by atoms with van der Waals surface area (Å²) in [5, 5.41) is 4.14. The summed E-state index contributed by atoms with van der Waals surface area (Å²) in [4.78, 5) is 13.9. The third kappa shape index (κ3) is 2.19. The van der Waals surface area contributed by atoms with Gasteiger partial charge in [-0.05, 0) is 24.8 Å². The Morgan fingerprint density at radius 2 is 2.40 bits per heavy atom. The summed E-state index contributed by atoms with van der Waals surface area (Å²) in [6.45, 7) is 3.94. The maximum Gasteiger partial charge on any atom is 0.274 e. The van der Waals surface area contributed by atoms with Gasteiger partial charge in [0.15, 0.2) is 0 Å². The number of hydrogen-bond acceptors (Lipinski definition) is 2. The third-order valence-electron chi connectivity index (χ3n) is 2.88. The van der Waals surface area contributed by atoms with Crippen molar-refractivity contribution in [3.8, 4) is 0 Å². The number of rotatable bonds is 1. The summed E-state index contributed by atoms with van der Waals surface area (Å²) in [5.41, 5.74) is 0.562. The minimum atomic E-state index is 0.0714. The van der Waals surface area contributed by atoms with Gasteiger partial charge in [-0.2, -0.15) is 5.10 Å². The number of carbonyl (C=O) groups excluding carboxylic acids is 1. The molecular weight excluding hydrogens is 190 g/mol. The predicted octanol–water partition coefficient (Wildman–Crippen LogP) is 1.29. The van der Waals surface area contributed by atoms with Crippen molar-refractivity contribution in [1.82, 2.24) is 14.7 Å². The second-order valence-corrected chi connectivity index (χ2v) is 4.37. The Balaban J connectivity index is 2.07. The van der Waals surface area contributed by atoms with Crippen LogP contribution in [0.25, 0.3) is 0 Å². The summed E-state index contributed by atoms with van der Waals surface area (Å²) in [6.07, 6.45) is 4.15. The molecule has 0 radical (unpaired) electrons. The van der Waals surface area contributed by atoms with Gasteiger partial charge in [0.05, 0.1) is 0 Å². The van der Waals surface area contributed by atoms with Gasteiger partial charge < -0.3 is 4.90 Å². The maximum atomic E-state index is 12.0. The molecule has 82 valence electrons. The predicted molar refractivity (Wildman–Crippen MR) is 57.5 cm³/mol. The van der Waals surface area contributed by atoms with Crippen molar-refractivity contribution < 1.29 is 4.79 Å². The average Bonchev–Trinajstić information content (AvgIpc) is 2.64. The fourth-order valence-electron chi connectivity index (χ4n) is 2.06. The van der Waals surface area contributed by atoms with Crippen LogP contribution in [0.4, 0.5) is 0 Å². The lowest BCUT2D eigenvalue weighted by molar-refractivity contribution is 0.0676. The van der Waals surface area contributed by atoms with Crippen molar-refractivity contribution in [3.05, 3.63) is 18.0 Å². The molecule has 1 aliphatic heterocycles. The molecule has 4 nitrogen and oxygen atoms in total. The van der Waals surface area contributed by atoms with Gasteiger partial charge in [0.1, 0.15) is 5.69 Å². The van der Waals surface area contributed by atoms with Gasteiger partial charge in [0.25, 0.3) is 5.91 Å². The quantitative estimate of drug-likeness (QED) is 0.696. The van der Waals surface area contributed by atoms with Crippen molar-refractivity contribution in [2.75, 3.05) is 13.1 Å². The van der Waals surface area contributed by atoms with Crippen LogP contribution in [-0.4, -0.2) is 33.7 Å². The molecule has 0 aromatic carbocycles.